The molecule has 10 heteroatoms. The normalized spacial score (nSPS) is 23.7. The zero-order chi connectivity index (χ0) is 25.8. The van der Waals surface area contributed by atoms with Crippen molar-refractivity contribution in [2.24, 2.45) is 0 Å². The number of aromatic nitrogens is 2. The Morgan fingerprint density at radius 3 is 2.49 bits per heavy atom. The first-order valence-electron chi connectivity index (χ1n) is 11.9. The molecule has 2 aliphatic rings. The Morgan fingerprint density at radius 2 is 1.91 bits per heavy atom. The van der Waals surface area contributed by atoms with Crippen LogP contribution < -0.4 is 5.46 Å². The van der Waals surface area contributed by atoms with Gasteiger partial charge in [0, 0.05) is 22.8 Å². The van der Waals surface area contributed by atoms with E-state index >= 15 is 4.39 Å². The van der Waals surface area contributed by atoms with Gasteiger partial charge in [0.2, 0.25) is 0 Å². The largest absolute Gasteiger partial charge is 0.497 e. The Morgan fingerprint density at radius 1 is 1.26 bits per heavy atom. The number of aromatic amines is 1. The molecule has 1 aromatic carbocycles. The average molecular weight is 503 g/mol. The molecule has 0 aliphatic carbocycles. The third kappa shape index (κ3) is 5.25. The van der Waals surface area contributed by atoms with Crippen molar-refractivity contribution >= 4 is 30.4 Å². The minimum atomic E-state index is -0.768. The summed E-state index contributed by atoms with van der Waals surface area (Å²) in [5.41, 5.74) is 0.0281. The molecule has 4 rings (SSSR count). The van der Waals surface area contributed by atoms with Crippen molar-refractivity contribution in [3.8, 4) is 11.3 Å². The Balaban J connectivity index is 1.55. The molecule has 3 heterocycles. The number of rotatable bonds is 4. The number of thioether (sulfide) groups is 1. The minimum Gasteiger partial charge on any atom is -0.444 e. The fourth-order valence-electron chi connectivity index (χ4n) is 4.26. The summed E-state index contributed by atoms with van der Waals surface area (Å²) in [6, 6.07) is 4.75. The van der Waals surface area contributed by atoms with Crippen LogP contribution in [0.3, 0.4) is 0 Å². The number of nitrogens with one attached hydrogen (secondary N) is 1. The highest BCUT2D eigenvalue weighted by Crippen LogP contribution is 2.38. The first kappa shape index (κ1) is 26.0. The van der Waals surface area contributed by atoms with E-state index in [1.807, 2.05) is 60.8 Å². The summed E-state index contributed by atoms with van der Waals surface area (Å²) in [5, 5.41) is 0.290. The number of benzene rings is 1. The molecule has 2 atom stereocenters. The molecule has 1 N–H and O–H groups in total. The summed E-state index contributed by atoms with van der Waals surface area (Å²) in [4.78, 5) is 22.5. The third-order valence-corrected chi connectivity index (χ3v) is 7.96. The van der Waals surface area contributed by atoms with Gasteiger partial charge in [0.05, 0.1) is 29.1 Å². The average Bonchev–Trinajstić information content (AvgIpc) is 3.42. The number of amides is 1. The van der Waals surface area contributed by atoms with E-state index in [2.05, 4.69) is 9.97 Å². The molecule has 2 aliphatic heterocycles. The van der Waals surface area contributed by atoms with E-state index < -0.39 is 29.7 Å². The number of hydrogen-bond acceptors (Lipinski definition) is 6. The van der Waals surface area contributed by atoms with E-state index in [4.69, 9.17) is 14.0 Å². The first-order valence-corrected chi connectivity index (χ1v) is 13.2. The van der Waals surface area contributed by atoms with Crippen LogP contribution in [0.15, 0.2) is 24.4 Å². The highest BCUT2D eigenvalue weighted by Gasteiger charge is 2.52. The van der Waals surface area contributed by atoms with Gasteiger partial charge in [-0.3, -0.25) is 4.90 Å². The van der Waals surface area contributed by atoms with Crippen LogP contribution in [0.4, 0.5) is 9.18 Å². The number of hydrogen-bond donors (Lipinski definition) is 1. The predicted octanol–water partition coefficient (Wildman–Crippen LogP) is 4.93. The molecule has 1 aromatic heterocycles. The van der Waals surface area contributed by atoms with Gasteiger partial charge in [-0.25, -0.2) is 14.2 Å². The highest BCUT2D eigenvalue weighted by molar-refractivity contribution is 7.99. The van der Waals surface area contributed by atoms with Crippen LogP contribution in [-0.4, -0.2) is 62.9 Å². The Hall–Kier alpha value is -2.04. The Labute approximate surface area is 211 Å². The van der Waals surface area contributed by atoms with Gasteiger partial charge >= 0.3 is 13.2 Å². The molecule has 7 nitrogen and oxygen atoms in total. The molecule has 2 saturated heterocycles. The molecule has 35 heavy (non-hydrogen) atoms. The van der Waals surface area contributed by atoms with Crippen LogP contribution in [0.25, 0.3) is 11.3 Å². The SMILES string of the molecule is CSC1CC(c2ncc(-c3ccc(B4OC(C)(C)C(C)(C)O4)c(F)c3)[nH]2)N(C(=O)OC(C)(C)C)C1. The van der Waals surface area contributed by atoms with Crippen LogP contribution in [0.2, 0.25) is 0 Å². The fraction of sp³-hybridized carbons (Fsp3) is 0.600. The summed E-state index contributed by atoms with van der Waals surface area (Å²) >= 11 is 1.72. The van der Waals surface area contributed by atoms with Crippen molar-refractivity contribution in [3.05, 3.63) is 36.0 Å². The highest BCUT2D eigenvalue weighted by atomic mass is 32.2. The van der Waals surface area contributed by atoms with Gasteiger partial charge in [0.15, 0.2) is 0 Å². The molecule has 190 valence electrons. The van der Waals surface area contributed by atoms with Crippen molar-refractivity contribution in [2.75, 3.05) is 12.8 Å². The van der Waals surface area contributed by atoms with E-state index in [9.17, 15) is 4.79 Å². The van der Waals surface area contributed by atoms with Crippen molar-refractivity contribution in [1.82, 2.24) is 14.9 Å². The van der Waals surface area contributed by atoms with Crippen LogP contribution in [0.1, 0.15) is 66.8 Å². The number of likely N-dealkylation sites (tertiary alicyclic amines) is 1. The molecule has 0 spiro atoms. The van der Waals surface area contributed by atoms with Gasteiger partial charge in [-0.1, -0.05) is 12.1 Å². The van der Waals surface area contributed by atoms with Crippen molar-refractivity contribution < 1.29 is 23.2 Å². The zero-order valence-corrected chi connectivity index (χ0v) is 22.6. The van der Waals surface area contributed by atoms with E-state index in [0.29, 0.717) is 29.1 Å². The minimum absolute atomic E-state index is 0.232. The van der Waals surface area contributed by atoms with Gasteiger partial charge < -0.3 is 19.0 Å². The van der Waals surface area contributed by atoms with E-state index in [0.717, 1.165) is 6.42 Å². The van der Waals surface area contributed by atoms with Gasteiger partial charge in [-0.05, 0) is 67.2 Å². The van der Waals surface area contributed by atoms with Gasteiger partial charge in [0.25, 0.3) is 0 Å². The molecular weight excluding hydrogens is 468 g/mol. The molecule has 2 fully saturated rings. The number of imidazole rings is 1. The smallest absolute Gasteiger partial charge is 0.444 e. The van der Waals surface area contributed by atoms with Crippen molar-refractivity contribution in [3.63, 3.8) is 0 Å². The molecular formula is C25H35BFN3O4S. The van der Waals surface area contributed by atoms with Crippen LogP contribution >= 0.6 is 11.8 Å². The second kappa shape index (κ2) is 9.12. The second-order valence-corrected chi connectivity index (χ2v) is 12.4. The van der Waals surface area contributed by atoms with E-state index in [1.54, 1.807) is 28.9 Å². The molecule has 0 radical (unpaired) electrons. The van der Waals surface area contributed by atoms with E-state index in [1.165, 1.54) is 6.07 Å². The van der Waals surface area contributed by atoms with Crippen molar-refractivity contribution in [1.29, 1.82) is 0 Å². The van der Waals surface area contributed by atoms with Crippen LogP contribution in [0, 0.1) is 5.82 Å². The molecule has 1 amide bonds. The number of carbonyl (C=O) groups is 1. The fourth-order valence-corrected chi connectivity index (χ4v) is 4.94. The van der Waals surface area contributed by atoms with Gasteiger partial charge in [-0.15, -0.1) is 0 Å². The summed E-state index contributed by atoms with van der Waals surface area (Å²) in [6.07, 6.45) is 4.13. The standard InChI is InChI=1S/C25H35BFN3O4S/c1-23(2,3)32-22(31)30-14-16(35-8)12-20(30)21-28-13-19(29-21)15-9-10-17(18(27)11-15)26-33-24(4,5)25(6,7)34-26/h9-11,13,16,20H,12,14H2,1-8H3,(H,28,29). The molecule has 0 saturated carbocycles. The Bertz CT molecular complexity index is 1080. The molecule has 2 unspecified atom stereocenters. The summed E-state index contributed by atoms with van der Waals surface area (Å²) < 4.78 is 32.8. The zero-order valence-electron chi connectivity index (χ0n) is 21.8. The lowest BCUT2D eigenvalue weighted by molar-refractivity contribution is 0.00578. The number of ether oxygens (including phenoxy) is 1. The quantitative estimate of drug-likeness (QED) is 0.597. The second-order valence-electron chi connectivity index (χ2n) is 11.2. The summed E-state index contributed by atoms with van der Waals surface area (Å²) in [6.45, 7) is 13.9. The maximum atomic E-state index is 15.2. The monoisotopic (exact) mass is 503 g/mol. The lowest BCUT2D eigenvalue weighted by Gasteiger charge is -2.32. The van der Waals surface area contributed by atoms with E-state index in [-0.39, 0.29) is 17.4 Å². The first-order chi connectivity index (χ1) is 16.2. The maximum absolute atomic E-state index is 15.2. The number of halogens is 1. The molecule has 0 bridgehead atoms. The maximum Gasteiger partial charge on any atom is 0.497 e. The number of nitrogens with zero attached hydrogens (tertiary/aromatic N) is 2. The van der Waals surface area contributed by atoms with Crippen LogP contribution in [0.5, 0.6) is 0 Å². The molecule has 2 aromatic rings. The Kier molecular flexibility index (Phi) is 6.79. The lowest BCUT2D eigenvalue weighted by atomic mass is 9.78. The van der Waals surface area contributed by atoms with Crippen molar-refractivity contribution in [2.45, 2.75) is 83.0 Å². The summed E-state index contributed by atoms with van der Waals surface area (Å²) in [5.74, 6) is 0.258. The summed E-state index contributed by atoms with van der Waals surface area (Å²) in [7, 11) is -0.768. The number of carbonyl (C=O) groups excluding carboxylic acids is 1. The third-order valence-electron chi connectivity index (χ3n) is 6.95. The van der Waals surface area contributed by atoms with Gasteiger partial charge in [0.1, 0.15) is 17.2 Å². The topological polar surface area (TPSA) is 76.7 Å². The predicted molar refractivity (Wildman–Crippen MR) is 137 cm³/mol. The lowest BCUT2D eigenvalue weighted by Crippen LogP contribution is -2.41. The number of H-pyrrole nitrogens is 1. The van der Waals surface area contributed by atoms with Gasteiger partial charge in [-0.2, -0.15) is 11.8 Å². The van der Waals surface area contributed by atoms with Crippen LogP contribution in [-0.2, 0) is 14.0 Å².